The van der Waals surface area contributed by atoms with Gasteiger partial charge in [0.05, 0.1) is 20.1 Å². The SMILES string of the molecule is COC(=O)[C@H]1[C@@H]2C=CC(=O)[C@@](O)(C=C2)[C@@H]1C(=O)OC. The predicted molar refractivity (Wildman–Crippen MR) is 62.7 cm³/mol. The Labute approximate surface area is 109 Å². The minimum absolute atomic E-state index is 0.483. The maximum absolute atomic E-state index is 11.9. The summed E-state index contributed by atoms with van der Waals surface area (Å²) in [6, 6.07) is 0. The van der Waals surface area contributed by atoms with Crippen molar-refractivity contribution in [2.75, 3.05) is 14.2 Å². The number of aliphatic hydroxyl groups is 1. The molecule has 0 aliphatic heterocycles. The molecule has 3 aliphatic rings. The normalized spacial score (nSPS) is 35.9. The Bertz CT molecular complexity index is 491. The number of rotatable bonds is 2. The Balaban J connectivity index is 2.57. The van der Waals surface area contributed by atoms with E-state index in [0.717, 1.165) is 7.11 Å². The third-order valence-corrected chi connectivity index (χ3v) is 3.61. The van der Waals surface area contributed by atoms with Crippen molar-refractivity contribution >= 4 is 17.7 Å². The lowest BCUT2D eigenvalue weighted by Crippen LogP contribution is -2.54. The maximum atomic E-state index is 11.9. The van der Waals surface area contributed by atoms with Gasteiger partial charge in [-0.05, 0) is 12.2 Å². The van der Waals surface area contributed by atoms with Crippen LogP contribution in [0.15, 0.2) is 24.3 Å². The van der Waals surface area contributed by atoms with Crippen LogP contribution < -0.4 is 0 Å². The van der Waals surface area contributed by atoms with Crippen LogP contribution in [0, 0.1) is 17.8 Å². The highest BCUT2D eigenvalue weighted by atomic mass is 16.5. The molecule has 0 saturated heterocycles. The van der Waals surface area contributed by atoms with Gasteiger partial charge in [-0.15, -0.1) is 0 Å². The minimum atomic E-state index is -2.06. The smallest absolute Gasteiger partial charge is 0.313 e. The van der Waals surface area contributed by atoms with Crippen LogP contribution in [0.4, 0.5) is 0 Å². The predicted octanol–water partition coefficient (Wildman–Crippen LogP) is -0.379. The third-order valence-electron chi connectivity index (χ3n) is 3.61. The van der Waals surface area contributed by atoms with Gasteiger partial charge in [0.15, 0.2) is 11.4 Å². The number of fused-ring (bicyclic) bond motifs is 2. The van der Waals surface area contributed by atoms with Crippen molar-refractivity contribution in [2.24, 2.45) is 17.8 Å². The van der Waals surface area contributed by atoms with E-state index in [2.05, 4.69) is 9.47 Å². The van der Waals surface area contributed by atoms with E-state index in [1.54, 1.807) is 0 Å². The molecule has 0 fully saturated rings. The molecule has 2 bridgehead atoms. The summed E-state index contributed by atoms with van der Waals surface area (Å²) in [5.41, 5.74) is -2.06. The number of carbonyl (C=O) groups excluding carboxylic acids is 3. The van der Waals surface area contributed by atoms with Crippen LogP contribution in [0.25, 0.3) is 0 Å². The number of ketones is 1. The number of carbonyl (C=O) groups is 3. The highest BCUT2D eigenvalue weighted by Gasteiger charge is 2.57. The van der Waals surface area contributed by atoms with Gasteiger partial charge >= 0.3 is 11.9 Å². The first-order valence-electron chi connectivity index (χ1n) is 5.75. The third kappa shape index (κ3) is 1.88. The van der Waals surface area contributed by atoms with Gasteiger partial charge in [-0.2, -0.15) is 0 Å². The highest BCUT2D eigenvalue weighted by Crippen LogP contribution is 2.42. The monoisotopic (exact) mass is 266 g/mol. The van der Waals surface area contributed by atoms with E-state index >= 15 is 0 Å². The fourth-order valence-electron chi connectivity index (χ4n) is 2.61. The largest absolute Gasteiger partial charge is 0.469 e. The van der Waals surface area contributed by atoms with Crippen LogP contribution in [0.3, 0.4) is 0 Å². The molecular formula is C13H14O6. The summed E-state index contributed by atoms with van der Waals surface area (Å²) in [6.45, 7) is 0. The molecule has 3 rings (SSSR count). The maximum Gasteiger partial charge on any atom is 0.313 e. The van der Waals surface area contributed by atoms with Crippen molar-refractivity contribution in [3.05, 3.63) is 24.3 Å². The summed E-state index contributed by atoms with van der Waals surface area (Å²) in [7, 11) is 2.33. The number of hydrogen-bond acceptors (Lipinski definition) is 6. The van der Waals surface area contributed by atoms with Crippen LogP contribution in [-0.2, 0) is 23.9 Å². The topological polar surface area (TPSA) is 89.9 Å². The van der Waals surface area contributed by atoms with Crippen LogP contribution in [0.2, 0.25) is 0 Å². The standard InChI is InChI=1S/C13H14O6/c1-18-11(15)9-7-3-4-8(14)13(17,6-5-7)10(9)12(16)19-2/h3-7,9-10,17H,1-2H3/t7-,9+,10+,13+/m1/s1. The molecule has 0 spiro atoms. The van der Waals surface area contributed by atoms with E-state index < -0.39 is 41.1 Å². The molecule has 6 heteroatoms. The second kappa shape index (κ2) is 4.62. The molecule has 4 atom stereocenters. The second-order valence-electron chi connectivity index (χ2n) is 4.53. The van der Waals surface area contributed by atoms with Gasteiger partial charge in [0.25, 0.3) is 0 Å². The van der Waals surface area contributed by atoms with Gasteiger partial charge < -0.3 is 14.6 Å². The van der Waals surface area contributed by atoms with E-state index in [1.165, 1.54) is 31.4 Å². The number of allylic oxidation sites excluding steroid dienone is 2. The fraction of sp³-hybridized carbons (Fsp3) is 0.462. The number of methoxy groups -OCH3 is 2. The molecule has 0 saturated carbocycles. The van der Waals surface area contributed by atoms with Gasteiger partial charge in [-0.1, -0.05) is 12.2 Å². The average Bonchev–Trinajstić information content (AvgIpc) is 2.62. The summed E-state index contributed by atoms with van der Waals surface area (Å²) < 4.78 is 9.28. The van der Waals surface area contributed by atoms with Crippen molar-refractivity contribution in [1.29, 1.82) is 0 Å². The molecule has 3 aliphatic carbocycles. The molecule has 102 valence electrons. The Morgan fingerprint density at radius 1 is 1.21 bits per heavy atom. The zero-order chi connectivity index (χ0) is 14.2. The van der Waals surface area contributed by atoms with Gasteiger partial charge in [0, 0.05) is 5.92 Å². The second-order valence-corrected chi connectivity index (χ2v) is 4.53. The molecule has 0 heterocycles. The van der Waals surface area contributed by atoms with E-state index in [0.29, 0.717) is 0 Å². The molecule has 0 aromatic carbocycles. The fourth-order valence-corrected chi connectivity index (χ4v) is 2.61. The molecule has 1 N–H and O–H groups in total. The van der Waals surface area contributed by atoms with Crippen LogP contribution >= 0.6 is 0 Å². The highest BCUT2D eigenvalue weighted by molar-refractivity contribution is 6.04. The van der Waals surface area contributed by atoms with Crippen molar-refractivity contribution in [2.45, 2.75) is 5.60 Å². The van der Waals surface area contributed by atoms with Crippen LogP contribution in [-0.4, -0.2) is 42.6 Å². The average molecular weight is 266 g/mol. The zero-order valence-corrected chi connectivity index (χ0v) is 10.5. The zero-order valence-electron chi connectivity index (χ0n) is 10.5. The first-order chi connectivity index (χ1) is 8.95. The van der Waals surface area contributed by atoms with E-state index in [-0.39, 0.29) is 0 Å². The number of ether oxygens (including phenoxy) is 2. The quantitative estimate of drug-likeness (QED) is 0.541. The molecule has 0 aromatic rings. The Morgan fingerprint density at radius 2 is 1.84 bits per heavy atom. The molecule has 19 heavy (non-hydrogen) atoms. The summed E-state index contributed by atoms with van der Waals surface area (Å²) >= 11 is 0. The lowest BCUT2D eigenvalue weighted by molar-refractivity contribution is -0.171. The Kier molecular flexibility index (Phi) is 3.28. The van der Waals surface area contributed by atoms with E-state index in [9.17, 15) is 19.5 Å². The molecular weight excluding hydrogens is 252 g/mol. The van der Waals surface area contributed by atoms with Gasteiger partial charge in [0.2, 0.25) is 0 Å². The number of hydrogen-bond donors (Lipinski definition) is 1. The molecule has 0 unspecified atom stereocenters. The number of esters is 2. The molecule has 0 aromatic heterocycles. The summed E-state index contributed by atoms with van der Waals surface area (Å²) in [5.74, 6) is -4.89. The van der Waals surface area contributed by atoms with Gasteiger partial charge in [-0.25, -0.2) is 0 Å². The van der Waals surface area contributed by atoms with Crippen LogP contribution in [0.5, 0.6) is 0 Å². The minimum Gasteiger partial charge on any atom is -0.469 e. The molecule has 0 radical (unpaired) electrons. The lowest BCUT2D eigenvalue weighted by Gasteiger charge is -2.37. The van der Waals surface area contributed by atoms with Crippen molar-refractivity contribution in [3.8, 4) is 0 Å². The first kappa shape index (κ1) is 13.5. The Morgan fingerprint density at radius 3 is 2.42 bits per heavy atom. The van der Waals surface area contributed by atoms with Gasteiger partial charge in [0.1, 0.15) is 5.92 Å². The Hall–Kier alpha value is -1.95. The lowest BCUT2D eigenvalue weighted by atomic mass is 9.68. The van der Waals surface area contributed by atoms with Crippen molar-refractivity contribution < 1.29 is 29.0 Å². The van der Waals surface area contributed by atoms with E-state index in [4.69, 9.17) is 0 Å². The summed E-state index contributed by atoms with van der Waals surface area (Å²) in [4.78, 5) is 35.7. The van der Waals surface area contributed by atoms with Crippen molar-refractivity contribution in [1.82, 2.24) is 0 Å². The van der Waals surface area contributed by atoms with E-state index in [1.807, 2.05) is 0 Å². The summed E-state index contributed by atoms with van der Waals surface area (Å²) in [5, 5.41) is 10.4. The van der Waals surface area contributed by atoms with Crippen molar-refractivity contribution in [3.63, 3.8) is 0 Å². The summed E-state index contributed by atoms with van der Waals surface area (Å²) in [6.07, 6.45) is 5.45. The van der Waals surface area contributed by atoms with Crippen LogP contribution in [0.1, 0.15) is 0 Å². The molecule has 6 nitrogen and oxygen atoms in total. The first-order valence-corrected chi connectivity index (χ1v) is 5.75. The van der Waals surface area contributed by atoms with Gasteiger partial charge in [-0.3, -0.25) is 14.4 Å². The molecule has 0 amide bonds.